The Bertz CT molecular complexity index is 1230. The molecule has 0 spiro atoms. The van der Waals surface area contributed by atoms with Gasteiger partial charge in [-0.1, -0.05) is 12.1 Å². The molecule has 3 atom stereocenters. The van der Waals surface area contributed by atoms with Crippen molar-refractivity contribution in [2.75, 3.05) is 18.7 Å². The number of nitrogens with two attached hydrogens (primary N) is 2. The lowest BCUT2D eigenvalue weighted by Gasteiger charge is -2.29. The summed E-state index contributed by atoms with van der Waals surface area (Å²) < 4.78 is 67.6. The molecule has 0 radical (unpaired) electrons. The van der Waals surface area contributed by atoms with Gasteiger partial charge in [-0.3, -0.25) is 13.9 Å². The molecule has 13 nitrogen and oxygen atoms in total. The summed E-state index contributed by atoms with van der Waals surface area (Å²) in [4.78, 5) is 36.2. The molecule has 1 unspecified atom stereocenters. The quantitative estimate of drug-likeness (QED) is 0.304. The van der Waals surface area contributed by atoms with Crippen LogP contribution >= 0.6 is 7.60 Å². The van der Waals surface area contributed by atoms with Crippen molar-refractivity contribution >= 4 is 25.4 Å². The molecular weight excluding hydrogens is 552 g/mol. The predicted octanol–water partition coefficient (Wildman–Crippen LogP) is 1.93. The highest BCUT2D eigenvalue weighted by molar-refractivity contribution is 7.54. The molecule has 39 heavy (non-hydrogen) atoms. The number of hydrogen-bond donors (Lipinski definition) is 3. The number of rotatable bonds is 8. The minimum Gasteiger partial charge on any atom is -0.475 e. The van der Waals surface area contributed by atoms with Crippen LogP contribution in [0.25, 0.3) is 0 Å². The van der Waals surface area contributed by atoms with Gasteiger partial charge in [-0.15, -0.1) is 0 Å². The summed E-state index contributed by atoms with van der Waals surface area (Å²) in [6, 6.07) is 7.40. The van der Waals surface area contributed by atoms with E-state index in [0.29, 0.717) is 12.2 Å². The minimum absolute atomic E-state index is 0.0149. The average molecular weight is 580 g/mol. The normalized spacial score (nSPS) is 19.9. The summed E-state index contributed by atoms with van der Waals surface area (Å²) in [7, 11) is -3.52. The number of alkyl halides is 3. The summed E-state index contributed by atoms with van der Waals surface area (Å²) >= 11 is 0. The number of carbonyl (C=O) groups excluding carboxylic acids is 1. The van der Waals surface area contributed by atoms with Gasteiger partial charge < -0.3 is 30.6 Å². The molecular formula is C22H28F3N4O9P. The van der Waals surface area contributed by atoms with Crippen molar-refractivity contribution in [1.29, 1.82) is 0 Å². The predicted molar refractivity (Wildman–Crippen MR) is 130 cm³/mol. The molecule has 17 heteroatoms. The number of ether oxygens (including phenoxy) is 2. The van der Waals surface area contributed by atoms with Gasteiger partial charge in [-0.2, -0.15) is 18.2 Å². The van der Waals surface area contributed by atoms with Gasteiger partial charge in [0.05, 0.1) is 19.3 Å². The number of halogens is 3. The number of nitrogen functional groups attached to an aromatic ring is 1. The second kappa shape index (κ2) is 13.6. The van der Waals surface area contributed by atoms with Crippen molar-refractivity contribution < 1.29 is 51.0 Å². The Hall–Kier alpha value is -3.46. The summed E-state index contributed by atoms with van der Waals surface area (Å²) in [6.45, 7) is 3.68. The van der Waals surface area contributed by atoms with Crippen LogP contribution in [0.5, 0.6) is 5.75 Å². The summed E-state index contributed by atoms with van der Waals surface area (Å²) in [5.74, 6) is -2.76. The molecule has 1 aromatic heterocycles. The maximum Gasteiger partial charge on any atom is 0.490 e. The van der Waals surface area contributed by atoms with Crippen molar-refractivity contribution in [3.8, 4) is 5.75 Å². The van der Waals surface area contributed by atoms with Gasteiger partial charge >= 0.3 is 31.4 Å². The standard InChI is InChI=1S/C20H27N4O7P.C2HF3O2/c1-13(2)30-19(25)17(21)9-14-3-5-15(6-4-14)31-32(27)12-28-16(11-29-32)10-24-8-7-18(22)23-20(24)26;3-2(4,5)1(6)7/h3-8,13,16-17H,9-12,21H2,1-2H3,(H2,22,23,26);(H,6,7)/t16-,17-,32?;/m0./s1. The van der Waals surface area contributed by atoms with Gasteiger partial charge in [0.2, 0.25) is 0 Å². The molecule has 1 aromatic carbocycles. The molecule has 2 heterocycles. The van der Waals surface area contributed by atoms with E-state index in [1.165, 1.54) is 16.8 Å². The van der Waals surface area contributed by atoms with E-state index in [-0.39, 0.29) is 31.4 Å². The van der Waals surface area contributed by atoms with E-state index in [1.54, 1.807) is 38.1 Å². The Labute approximate surface area is 220 Å². The second-order valence-corrected chi connectivity index (χ2v) is 10.4. The van der Waals surface area contributed by atoms with Crippen LogP contribution in [-0.2, 0) is 41.1 Å². The fraction of sp³-hybridized carbons (Fsp3) is 0.455. The van der Waals surface area contributed by atoms with Gasteiger partial charge in [0.1, 0.15) is 23.7 Å². The summed E-state index contributed by atoms with van der Waals surface area (Å²) in [5.41, 5.74) is 11.6. The number of carboxylic acid groups (broad SMARTS) is 1. The van der Waals surface area contributed by atoms with Crippen LogP contribution in [0.1, 0.15) is 19.4 Å². The number of nitrogens with zero attached hydrogens (tertiary/aromatic N) is 2. The Kier molecular flexibility index (Phi) is 11.0. The first-order valence-electron chi connectivity index (χ1n) is 11.3. The Balaban J connectivity index is 0.000000673. The van der Waals surface area contributed by atoms with Crippen LogP contribution in [0, 0.1) is 0 Å². The van der Waals surface area contributed by atoms with Crippen LogP contribution in [-0.4, -0.2) is 64.0 Å². The van der Waals surface area contributed by atoms with Crippen LogP contribution in [0.2, 0.25) is 0 Å². The van der Waals surface area contributed by atoms with Crippen LogP contribution < -0.4 is 21.7 Å². The third-order valence-electron chi connectivity index (χ3n) is 4.74. The monoisotopic (exact) mass is 580 g/mol. The number of hydrogen-bond acceptors (Lipinski definition) is 11. The fourth-order valence-corrected chi connectivity index (χ4v) is 4.35. The number of anilines is 1. The van der Waals surface area contributed by atoms with Crippen molar-refractivity contribution in [3.05, 3.63) is 52.6 Å². The zero-order valence-electron chi connectivity index (χ0n) is 20.9. The molecule has 1 saturated heterocycles. The SMILES string of the molecule is CC(C)OC(=O)[C@@H](N)Cc1ccc(OP2(=O)CO[C@@H](Cn3ccc(N)nc3=O)CO2)cc1.O=C(O)C(F)(F)F. The Morgan fingerprint density at radius 3 is 2.36 bits per heavy atom. The molecule has 0 amide bonds. The zero-order valence-corrected chi connectivity index (χ0v) is 21.8. The first kappa shape index (κ1) is 31.8. The lowest BCUT2D eigenvalue weighted by molar-refractivity contribution is -0.192. The van der Waals surface area contributed by atoms with E-state index in [4.69, 9.17) is 39.9 Å². The van der Waals surface area contributed by atoms with Gasteiger partial charge in [-0.05, 0) is 44.0 Å². The Morgan fingerprint density at radius 2 is 1.87 bits per heavy atom. The number of carboxylic acids is 1. The second-order valence-electron chi connectivity index (χ2n) is 8.45. The number of aliphatic carboxylic acids is 1. The molecule has 1 fully saturated rings. The van der Waals surface area contributed by atoms with Gasteiger partial charge in [0.15, 0.2) is 6.35 Å². The lowest BCUT2D eigenvalue weighted by atomic mass is 10.1. The smallest absolute Gasteiger partial charge is 0.475 e. The average Bonchev–Trinajstić information content (AvgIpc) is 2.83. The van der Waals surface area contributed by atoms with Gasteiger partial charge in [0.25, 0.3) is 0 Å². The third kappa shape index (κ3) is 10.7. The number of benzene rings is 1. The first-order chi connectivity index (χ1) is 18.1. The highest BCUT2D eigenvalue weighted by atomic mass is 31.2. The summed E-state index contributed by atoms with van der Waals surface area (Å²) in [5, 5.41) is 7.12. The van der Waals surface area contributed by atoms with Crippen molar-refractivity contribution in [2.24, 2.45) is 5.73 Å². The molecule has 1 aliphatic heterocycles. The molecule has 2 aromatic rings. The number of carbonyl (C=O) groups is 2. The fourth-order valence-electron chi connectivity index (χ4n) is 2.94. The molecule has 0 aliphatic carbocycles. The van der Waals surface area contributed by atoms with E-state index in [1.807, 2.05) is 0 Å². The van der Waals surface area contributed by atoms with Crippen molar-refractivity contribution in [3.63, 3.8) is 0 Å². The summed E-state index contributed by atoms with van der Waals surface area (Å²) in [6.07, 6.45) is -4.26. The van der Waals surface area contributed by atoms with Crippen molar-refractivity contribution in [2.45, 2.75) is 51.2 Å². The van der Waals surface area contributed by atoms with E-state index in [2.05, 4.69) is 4.98 Å². The lowest BCUT2D eigenvalue weighted by Crippen LogP contribution is -2.35. The zero-order chi connectivity index (χ0) is 29.4. The topological polar surface area (TPSA) is 195 Å². The molecule has 0 bridgehead atoms. The van der Waals surface area contributed by atoms with Crippen LogP contribution in [0.3, 0.4) is 0 Å². The van der Waals surface area contributed by atoms with E-state index in [9.17, 15) is 27.3 Å². The maximum atomic E-state index is 12.8. The number of aromatic nitrogens is 2. The van der Waals surface area contributed by atoms with E-state index < -0.39 is 43.5 Å². The maximum absolute atomic E-state index is 12.8. The van der Waals surface area contributed by atoms with Crippen LogP contribution in [0.4, 0.5) is 19.0 Å². The van der Waals surface area contributed by atoms with E-state index >= 15 is 0 Å². The largest absolute Gasteiger partial charge is 0.490 e. The van der Waals surface area contributed by atoms with Crippen LogP contribution in [0.15, 0.2) is 41.3 Å². The van der Waals surface area contributed by atoms with Gasteiger partial charge in [0, 0.05) is 6.20 Å². The molecule has 216 valence electrons. The molecule has 3 rings (SSSR count). The first-order valence-corrected chi connectivity index (χ1v) is 13.0. The molecule has 0 saturated carbocycles. The minimum atomic E-state index is -5.08. The number of esters is 1. The van der Waals surface area contributed by atoms with E-state index in [0.717, 1.165) is 5.56 Å². The van der Waals surface area contributed by atoms with Crippen molar-refractivity contribution in [1.82, 2.24) is 9.55 Å². The highest BCUT2D eigenvalue weighted by Gasteiger charge is 2.38. The van der Waals surface area contributed by atoms with Gasteiger partial charge in [-0.25, -0.2) is 14.2 Å². The molecule has 5 N–H and O–H groups in total. The third-order valence-corrected chi connectivity index (χ3v) is 6.24. The Morgan fingerprint density at radius 1 is 1.26 bits per heavy atom. The molecule has 1 aliphatic rings. The highest BCUT2D eigenvalue weighted by Crippen LogP contribution is 2.50.